The van der Waals surface area contributed by atoms with Gasteiger partial charge in [0.25, 0.3) is 0 Å². The van der Waals surface area contributed by atoms with Gasteiger partial charge in [-0.25, -0.2) is 18.1 Å². The van der Waals surface area contributed by atoms with Crippen molar-refractivity contribution in [2.45, 2.75) is 26.2 Å². The minimum absolute atomic E-state index is 0.131. The molecule has 1 heterocycles. The molecule has 5 nitrogen and oxygen atoms in total. The van der Waals surface area contributed by atoms with Crippen LogP contribution in [0, 0.1) is 6.92 Å². The average Bonchev–Trinajstić information content (AvgIpc) is 2.85. The fourth-order valence-electron chi connectivity index (χ4n) is 2.01. The molecule has 2 aromatic rings. The van der Waals surface area contributed by atoms with Crippen LogP contribution in [-0.2, 0) is 22.9 Å². The standard InChI is InChI=1S/C15H20N2O3S/c1-13-12-16-15(20-13)9-10-17-21(18,19)11-5-8-14-6-3-2-4-7-14/h2-4,6-7,12,17H,5,8-11H2,1H3. The molecule has 0 aliphatic rings. The molecule has 0 saturated heterocycles. The van der Waals surface area contributed by atoms with Crippen molar-refractivity contribution in [1.29, 1.82) is 0 Å². The summed E-state index contributed by atoms with van der Waals surface area (Å²) < 4.78 is 31.6. The second-order valence-electron chi connectivity index (χ2n) is 4.92. The molecule has 1 N–H and O–H groups in total. The Morgan fingerprint density at radius 2 is 1.95 bits per heavy atom. The van der Waals surface area contributed by atoms with Gasteiger partial charge >= 0.3 is 0 Å². The van der Waals surface area contributed by atoms with Crippen molar-refractivity contribution in [1.82, 2.24) is 9.71 Å². The highest BCUT2D eigenvalue weighted by molar-refractivity contribution is 7.89. The van der Waals surface area contributed by atoms with Gasteiger partial charge < -0.3 is 4.42 Å². The Kier molecular flexibility index (Phi) is 5.52. The molecule has 0 bridgehead atoms. The van der Waals surface area contributed by atoms with Gasteiger partial charge in [-0.1, -0.05) is 30.3 Å². The van der Waals surface area contributed by atoms with E-state index in [1.54, 1.807) is 6.20 Å². The molecule has 0 saturated carbocycles. The smallest absolute Gasteiger partial charge is 0.211 e. The Morgan fingerprint density at radius 1 is 1.19 bits per heavy atom. The third-order valence-electron chi connectivity index (χ3n) is 3.05. The maximum atomic E-state index is 11.9. The SMILES string of the molecule is Cc1cnc(CCNS(=O)(=O)CCCc2ccccc2)o1. The van der Waals surface area contributed by atoms with E-state index in [-0.39, 0.29) is 5.75 Å². The lowest BCUT2D eigenvalue weighted by atomic mass is 10.1. The van der Waals surface area contributed by atoms with Gasteiger partial charge in [0, 0.05) is 13.0 Å². The van der Waals surface area contributed by atoms with Crippen molar-refractivity contribution in [3.63, 3.8) is 0 Å². The van der Waals surface area contributed by atoms with Crippen LogP contribution in [0.4, 0.5) is 0 Å². The van der Waals surface area contributed by atoms with Crippen LogP contribution in [0.1, 0.15) is 23.6 Å². The maximum Gasteiger partial charge on any atom is 0.211 e. The van der Waals surface area contributed by atoms with Crippen LogP contribution in [-0.4, -0.2) is 25.7 Å². The molecule has 2 rings (SSSR count). The first-order valence-electron chi connectivity index (χ1n) is 6.98. The number of nitrogens with one attached hydrogen (secondary N) is 1. The van der Waals surface area contributed by atoms with E-state index in [1.807, 2.05) is 37.3 Å². The number of sulfonamides is 1. The highest BCUT2D eigenvalue weighted by Crippen LogP contribution is 2.04. The summed E-state index contributed by atoms with van der Waals surface area (Å²) in [7, 11) is -3.23. The monoisotopic (exact) mass is 308 g/mol. The fourth-order valence-corrected chi connectivity index (χ4v) is 3.10. The first-order valence-corrected chi connectivity index (χ1v) is 8.63. The fraction of sp³-hybridized carbons (Fsp3) is 0.400. The third kappa shape index (κ3) is 5.69. The van der Waals surface area contributed by atoms with E-state index in [4.69, 9.17) is 4.42 Å². The number of hydrogen-bond donors (Lipinski definition) is 1. The molecule has 0 radical (unpaired) electrons. The predicted molar refractivity (Wildman–Crippen MR) is 81.5 cm³/mol. The number of nitrogens with zero attached hydrogens (tertiary/aromatic N) is 1. The van der Waals surface area contributed by atoms with Crippen LogP contribution in [0.15, 0.2) is 40.9 Å². The Bertz CT molecular complexity index is 651. The van der Waals surface area contributed by atoms with Crippen LogP contribution in [0.3, 0.4) is 0 Å². The number of aromatic nitrogens is 1. The topological polar surface area (TPSA) is 72.2 Å². The van der Waals surface area contributed by atoms with E-state index >= 15 is 0 Å². The van der Waals surface area contributed by atoms with Gasteiger partial charge in [0.2, 0.25) is 10.0 Å². The summed E-state index contributed by atoms with van der Waals surface area (Å²) in [5.74, 6) is 1.42. The lowest BCUT2D eigenvalue weighted by Crippen LogP contribution is -2.28. The molecular formula is C15H20N2O3S. The van der Waals surface area contributed by atoms with Crippen LogP contribution in [0.5, 0.6) is 0 Å². The number of oxazole rings is 1. The van der Waals surface area contributed by atoms with E-state index in [9.17, 15) is 8.42 Å². The lowest BCUT2D eigenvalue weighted by Gasteiger charge is -2.05. The summed E-state index contributed by atoms with van der Waals surface area (Å²) in [6.07, 6.45) is 3.47. The molecule has 0 fully saturated rings. The van der Waals surface area contributed by atoms with Crippen molar-refractivity contribution in [2.24, 2.45) is 0 Å². The number of aryl methyl sites for hydroxylation is 2. The first kappa shape index (κ1) is 15.7. The normalized spacial score (nSPS) is 11.7. The molecule has 21 heavy (non-hydrogen) atoms. The van der Waals surface area contributed by atoms with E-state index in [1.165, 1.54) is 0 Å². The molecule has 0 unspecified atom stereocenters. The van der Waals surface area contributed by atoms with Gasteiger partial charge in [0.05, 0.1) is 11.9 Å². The predicted octanol–water partition coefficient (Wildman–Crippen LogP) is 2.08. The van der Waals surface area contributed by atoms with E-state index in [0.717, 1.165) is 17.7 Å². The third-order valence-corrected chi connectivity index (χ3v) is 4.52. The zero-order valence-electron chi connectivity index (χ0n) is 12.1. The van der Waals surface area contributed by atoms with Gasteiger partial charge in [0.1, 0.15) is 5.76 Å². The second kappa shape index (κ2) is 7.38. The van der Waals surface area contributed by atoms with Crippen molar-refractivity contribution in [2.75, 3.05) is 12.3 Å². The van der Waals surface area contributed by atoms with Crippen LogP contribution in [0.2, 0.25) is 0 Å². The molecule has 6 heteroatoms. The Balaban J connectivity index is 1.69. The Morgan fingerprint density at radius 3 is 2.62 bits per heavy atom. The van der Waals surface area contributed by atoms with Crippen LogP contribution >= 0.6 is 0 Å². The number of rotatable bonds is 8. The maximum absolute atomic E-state index is 11.9. The van der Waals surface area contributed by atoms with Crippen LogP contribution < -0.4 is 4.72 Å². The highest BCUT2D eigenvalue weighted by Gasteiger charge is 2.10. The van der Waals surface area contributed by atoms with Gasteiger partial charge in [-0.15, -0.1) is 0 Å². The summed E-state index contributed by atoms with van der Waals surface area (Å²) in [5, 5.41) is 0. The van der Waals surface area contributed by atoms with Crippen molar-refractivity contribution in [3.8, 4) is 0 Å². The summed E-state index contributed by atoms with van der Waals surface area (Å²) in [5.41, 5.74) is 1.16. The lowest BCUT2D eigenvalue weighted by molar-refractivity contribution is 0.469. The molecular weight excluding hydrogens is 288 g/mol. The van der Waals surface area contributed by atoms with Crippen LogP contribution in [0.25, 0.3) is 0 Å². The van der Waals surface area contributed by atoms with Gasteiger partial charge in [0.15, 0.2) is 5.89 Å². The van der Waals surface area contributed by atoms with E-state index < -0.39 is 10.0 Å². The van der Waals surface area contributed by atoms with Crippen molar-refractivity contribution < 1.29 is 12.8 Å². The van der Waals surface area contributed by atoms with Crippen molar-refractivity contribution in [3.05, 3.63) is 53.7 Å². The summed E-state index contributed by atoms with van der Waals surface area (Å²) in [6, 6.07) is 9.88. The van der Waals surface area contributed by atoms with Crippen molar-refractivity contribution >= 4 is 10.0 Å². The average molecular weight is 308 g/mol. The number of benzene rings is 1. The van der Waals surface area contributed by atoms with E-state index in [2.05, 4.69) is 9.71 Å². The van der Waals surface area contributed by atoms with E-state index in [0.29, 0.717) is 25.3 Å². The summed E-state index contributed by atoms with van der Waals surface area (Å²) in [6.45, 7) is 2.12. The summed E-state index contributed by atoms with van der Waals surface area (Å²) >= 11 is 0. The van der Waals surface area contributed by atoms with Gasteiger partial charge in [-0.2, -0.15) is 0 Å². The Labute approximate surface area is 125 Å². The zero-order chi connectivity index (χ0) is 15.1. The second-order valence-corrected chi connectivity index (χ2v) is 6.84. The molecule has 1 aromatic carbocycles. The van der Waals surface area contributed by atoms with Gasteiger partial charge in [-0.05, 0) is 25.3 Å². The molecule has 0 aliphatic carbocycles. The van der Waals surface area contributed by atoms with Gasteiger partial charge in [-0.3, -0.25) is 0 Å². The molecule has 114 valence electrons. The highest BCUT2D eigenvalue weighted by atomic mass is 32.2. The largest absolute Gasteiger partial charge is 0.446 e. The minimum Gasteiger partial charge on any atom is -0.446 e. The summed E-state index contributed by atoms with van der Waals surface area (Å²) in [4.78, 5) is 4.04. The number of hydrogen-bond acceptors (Lipinski definition) is 4. The quantitative estimate of drug-likeness (QED) is 0.810. The molecule has 0 atom stereocenters. The first-order chi connectivity index (χ1) is 10.1. The zero-order valence-corrected chi connectivity index (χ0v) is 12.9. The minimum atomic E-state index is -3.23. The molecule has 0 spiro atoms. The molecule has 1 aromatic heterocycles. The molecule has 0 amide bonds. The molecule has 0 aliphatic heterocycles. The Hall–Kier alpha value is -1.66.